The van der Waals surface area contributed by atoms with Gasteiger partial charge in [0, 0.05) is 6.54 Å². The van der Waals surface area contributed by atoms with Gasteiger partial charge in [-0.15, -0.1) is 0 Å². The zero-order valence-electron chi connectivity index (χ0n) is 21.8. The summed E-state index contributed by atoms with van der Waals surface area (Å²) in [6, 6.07) is 28.4. The van der Waals surface area contributed by atoms with Crippen molar-refractivity contribution in [1.29, 1.82) is 0 Å². The fourth-order valence-electron chi connectivity index (χ4n) is 5.45. The highest BCUT2D eigenvalue weighted by molar-refractivity contribution is 5.86. The van der Waals surface area contributed by atoms with Gasteiger partial charge in [0.15, 0.2) is 11.5 Å². The molecule has 0 spiro atoms. The molecule has 1 saturated heterocycles. The number of ether oxygens (including phenoxy) is 3. The molecule has 2 atom stereocenters. The SMILES string of the molecule is COc1cc(C(c2cccc3ccccc23)N2CCCC(C(=O)O)C2)cc(OC)c1OCc1ccccc1. The van der Waals surface area contributed by atoms with Crippen molar-refractivity contribution in [3.8, 4) is 17.2 Å². The number of hydrogen-bond donors (Lipinski definition) is 1. The molecule has 6 nitrogen and oxygen atoms in total. The van der Waals surface area contributed by atoms with Crippen molar-refractivity contribution in [2.75, 3.05) is 27.3 Å². The second kappa shape index (κ2) is 11.6. The minimum atomic E-state index is -0.744. The fourth-order valence-corrected chi connectivity index (χ4v) is 5.45. The smallest absolute Gasteiger partial charge is 0.307 e. The first-order chi connectivity index (χ1) is 18.6. The van der Waals surface area contributed by atoms with Crippen molar-refractivity contribution in [1.82, 2.24) is 4.90 Å². The van der Waals surface area contributed by atoms with E-state index in [1.165, 1.54) is 0 Å². The number of benzene rings is 4. The van der Waals surface area contributed by atoms with Crippen molar-refractivity contribution in [2.24, 2.45) is 5.92 Å². The summed E-state index contributed by atoms with van der Waals surface area (Å²) in [4.78, 5) is 14.2. The van der Waals surface area contributed by atoms with E-state index in [1.54, 1.807) is 14.2 Å². The Hall–Kier alpha value is -4.03. The first kappa shape index (κ1) is 25.6. The van der Waals surface area contributed by atoms with Crippen LogP contribution >= 0.6 is 0 Å². The van der Waals surface area contributed by atoms with Gasteiger partial charge in [-0.25, -0.2) is 0 Å². The quantitative estimate of drug-likeness (QED) is 0.284. The Morgan fingerprint density at radius 1 is 0.947 bits per heavy atom. The van der Waals surface area contributed by atoms with E-state index in [0.717, 1.165) is 40.4 Å². The third-order valence-electron chi connectivity index (χ3n) is 7.31. The standard InChI is InChI=1S/C32H33NO5/c1-36-28-18-25(19-29(37-2)31(28)38-21-22-10-4-3-5-11-22)30(33-17-9-14-24(20-33)32(34)35)27-16-8-13-23-12-6-7-15-26(23)27/h3-8,10-13,15-16,18-19,24,30H,9,14,17,20-21H2,1-2H3,(H,34,35). The molecule has 1 aliphatic heterocycles. The van der Waals surface area contributed by atoms with Crippen molar-refractivity contribution < 1.29 is 24.1 Å². The zero-order chi connectivity index (χ0) is 26.5. The van der Waals surface area contributed by atoms with Gasteiger partial charge in [0.1, 0.15) is 6.61 Å². The Kier molecular flexibility index (Phi) is 7.80. The number of hydrogen-bond acceptors (Lipinski definition) is 5. The van der Waals surface area contributed by atoms with Gasteiger partial charge in [0.25, 0.3) is 0 Å². The largest absolute Gasteiger partial charge is 0.493 e. The van der Waals surface area contributed by atoms with Crippen LogP contribution in [-0.2, 0) is 11.4 Å². The maximum Gasteiger partial charge on any atom is 0.307 e. The van der Waals surface area contributed by atoms with Gasteiger partial charge in [0.05, 0.1) is 26.2 Å². The molecule has 4 aromatic carbocycles. The van der Waals surface area contributed by atoms with Crippen molar-refractivity contribution in [3.05, 3.63) is 102 Å². The second-order valence-electron chi connectivity index (χ2n) is 9.67. The molecular weight excluding hydrogens is 478 g/mol. The third kappa shape index (κ3) is 5.31. The van der Waals surface area contributed by atoms with Crippen LogP contribution in [0, 0.1) is 5.92 Å². The normalized spacial score (nSPS) is 16.6. The van der Waals surface area contributed by atoms with E-state index in [4.69, 9.17) is 14.2 Å². The van der Waals surface area contributed by atoms with Crippen molar-refractivity contribution in [2.45, 2.75) is 25.5 Å². The Balaban J connectivity index is 1.61. The van der Waals surface area contributed by atoms with E-state index in [0.29, 0.717) is 36.8 Å². The van der Waals surface area contributed by atoms with Gasteiger partial charge >= 0.3 is 5.97 Å². The first-order valence-corrected chi connectivity index (χ1v) is 13.0. The highest BCUT2D eigenvalue weighted by atomic mass is 16.5. The number of methoxy groups -OCH3 is 2. The summed E-state index contributed by atoms with van der Waals surface area (Å²) in [6.45, 7) is 1.65. The topological polar surface area (TPSA) is 68.2 Å². The van der Waals surface area contributed by atoms with Gasteiger partial charge < -0.3 is 19.3 Å². The highest BCUT2D eigenvalue weighted by Gasteiger charge is 2.33. The van der Waals surface area contributed by atoms with Crippen LogP contribution in [-0.4, -0.2) is 43.3 Å². The van der Waals surface area contributed by atoms with E-state index in [9.17, 15) is 9.90 Å². The highest BCUT2D eigenvalue weighted by Crippen LogP contribution is 2.44. The van der Waals surface area contributed by atoms with Crippen molar-refractivity contribution >= 4 is 16.7 Å². The molecule has 0 bridgehead atoms. The number of rotatable bonds is 9. The minimum absolute atomic E-state index is 0.186. The third-order valence-corrected chi connectivity index (χ3v) is 7.31. The summed E-state index contributed by atoms with van der Waals surface area (Å²) in [5.74, 6) is 0.547. The van der Waals surface area contributed by atoms with E-state index in [1.807, 2.05) is 54.6 Å². The predicted molar refractivity (Wildman–Crippen MR) is 148 cm³/mol. The lowest BCUT2D eigenvalue weighted by atomic mass is 9.89. The lowest BCUT2D eigenvalue weighted by Gasteiger charge is -2.38. The molecular formula is C32H33NO5. The zero-order valence-corrected chi connectivity index (χ0v) is 21.8. The van der Waals surface area contributed by atoms with E-state index in [2.05, 4.69) is 35.2 Å². The summed E-state index contributed by atoms with van der Waals surface area (Å²) in [5, 5.41) is 12.1. The molecule has 4 aromatic rings. The Morgan fingerprint density at radius 3 is 2.34 bits per heavy atom. The van der Waals surface area contributed by atoms with Crippen LogP contribution in [0.5, 0.6) is 17.2 Å². The molecule has 1 N–H and O–H groups in total. The average molecular weight is 512 g/mol. The average Bonchev–Trinajstić information content (AvgIpc) is 2.97. The molecule has 1 aliphatic rings. The molecule has 196 valence electrons. The van der Waals surface area contributed by atoms with Gasteiger partial charge in [-0.2, -0.15) is 0 Å². The van der Waals surface area contributed by atoms with E-state index < -0.39 is 11.9 Å². The maximum absolute atomic E-state index is 12.0. The number of carboxylic acid groups (broad SMARTS) is 1. The number of nitrogens with zero attached hydrogens (tertiary/aromatic N) is 1. The summed E-state index contributed by atoms with van der Waals surface area (Å²) < 4.78 is 17.8. The van der Waals surface area contributed by atoms with Gasteiger partial charge in [-0.3, -0.25) is 9.69 Å². The number of carboxylic acids is 1. The lowest BCUT2D eigenvalue weighted by molar-refractivity contribution is -0.143. The molecule has 0 aromatic heterocycles. The molecule has 1 heterocycles. The molecule has 0 saturated carbocycles. The van der Waals surface area contributed by atoms with Gasteiger partial charge in [0.2, 0.25) is 5.75 Å². The fraction of sp³-hybridized carbons (Fsp3) is 0.281. The molecule has 2 unspecified atom stereocenters. The molecule has 5 rings (SSSR count). The van der Waals surface area contributed by atoms with Crippen LogP contribution in [0.25, 0.3) is 10.8 Å². The Morgan fingerprint density at radius 2 is 1.63 bits per heavy atom. The molecule has 6 heteroatoms. The number of likely N-dealkylation sites (tertiary alicyclic amines) is 1. The summed E-state index contributed by atoms with van der Waals surface area (Å²) in [7, 11) is 3.25. The molecule has 0 radical (unpaired) electrons. The van der Waals surface area contributed by atoms with Crippen LogP contribution in [0.2, 0.25) is 0 Å². The Bertz CT molecular complexity index is 1370. The van der Waals surface area contributed by atoms with E-state index in [-0.39, 0.29) is 6.04 Å². The molecule has 0 amide bonds. The van der Waals surface area contributed by atoms with Crippen LogP contribution in [0.3, 0.4) is 0 Å². The summed E-state index contributed by atoms with van der Waals surface area (Å²) >= 11 is 0. The molecule has 0 aliphatic carbocycles. The van der Waals surface area contributed by atoms with Crippen LogP contribution < -0.4 is 14.2 Å². The van der Waals surface area contributed by atoms with Crippen LogP contribution in [0.1, 0.15) is 35.6 Å². The van der Waals surface area contributed by atoms with Gasteiger partial charge in [-0.1, -0.05) is 72.8 Å². The monoisotopic (exact) mass is 511 g/mol. The van der Waals surface area contributed by atoms with Gasteiger partial charge in [-0.05, 0) is 59.0 Å². The number of fused-ring (bicyclic) bond motifs is 1. The number of carbonyl (C=O) groups is 1. The first-order valence-electron chi connectivity index (χ1n) is 13.0. The summed E-state index contributed by atoms with van der Waals surface area (Å²) in [5.41, 5.74) is 3.13. The number of piperidine rings is 1. The van der Waals surface area contributed by atoms with Crippen LogP contribution in [0.15, 0.2) is 84.9 Å². The summed E-state index contributed by atoms with van der Waals surface area (Å²) in [6.07, 6.45) is 1.51. The maximum atomic E-state index is 12.0. The number of aliphatic carboxylic acids is 1. The molecule has 1 fully saturated rings. The minimum Gasteiger partial charge on any atom is -0.493 e. The second-order valence-corrected chi connectivity index (χ2v) is 9.67. The molecule has 38 heavy (non-hydrogen) atoms. The Labute approximate surface area is 223 Å². The van der Waals surface area contributed by atoms with E-state index >= 15 is 0 Å². The predicted octanol–water partition coefficient (Wildman–Crippen LogP) is 6.32. The van der Waals surface area contributed by atoms with Crippen molar-refractivity contribution in [3.63, 3.8) is 0 Å². The lowest BCUT2D eigenvalue weighted by Crippen LogP contribution is -2.41. The van der Waals surface area contributed by atoms with Crippen LogP contribution in [0.4, 0.5) is 0 Å².